The van der Waals surface area contributed by atoms with Gasteiger partial charge in [0.25, 0.3) is 0 Å². The van der Waals surface area contributed by atoms with Crippen molar-refractivity contribution in [1.29, 1.82) is 0 Å². The number of benzene rings is 2. The van der Waals surface area contributed by atoms with E-state index in [4.69, 9.17) is 35.4 Å². The van der Waals surface area contributed by atoms with Gasteiger partial charge in [0.05, 0.1) is 23.6 Å². The largest absolute Gasteiger partial charge is 0.332 e. The Morgan fingerprint density at radius 1 is 1.04 bits per heavy atom. The molecule has 1 aromatic heterocycles. The molecule has 0 atom stereocenters. The topological polar surface area (TPSA) is 41.9 Å². The average molecular weight is 419 g/mol. The Labute approximate surface area is 174 Å². The molecule has 2 aromatic carbocycles. The first-order chi connectivity index (χ1) is 12.8. The van der Waals surface area contributed by atoms with E-state index in [1.165, 1.54) is 5.56 Å². The van der Waals surface area contributed by atoms with Crippen molar-refractivity contribution in [2.24, 2.45) is 0 Å². The summed E-state index contributed by atoms with van der Waals surface area (Å²) < 4.78 is 1.88. The number of hydrogen-bond acceptors (Lipinski definition) is 2. The molecule has 4 nitrogen and oxygen atoms in total. The standard InChI is InChI=1S/C20H20Cl2N4S/c1-12-6-4-7-15(10-12)23-20(27)24-19-13(2)25-26(14(19)3)11-16-17(21)8-5-9-18(16)22/h4-10H,11H2,1-3H3,(H2,23,24,27). The number of hydrogen-bond donors (Lipinski definition) is 2. The molecule has 0 fully saturated rings. The van der Waals surface area contributed by atoms with E-state index >= 15 is 0 Å². The van der Waals surface area contributed by atoms with Gasteiger partial charge in [0.2, 0.25) is 0 Å². The maximum atomic E-state index is 6.29. The predicted octanol–water partition coefficient (Wildman–Crippen LogP) is 5.97. The van der Waals surface area contributed by atoms with Crippen molar-refractivity contribution in [2.75, 3.05) is 10.6 Å². The quantitative estimate of drug-likeness (QED) is 0.511. The monoisotopic (exact) mass is 418 g/mol. The third kappa shape index (κ3) is 4.61. The molecule has 0 aliphatic rings. The summed E-state index contributed by atoms with van der Waals surface area (Å²) in [4.78, 5) is 0. The van der Waals surface area contributed by atoms with Gasteiger partial charge < -0.3 is 10.6 Å². The van der Waals surface area contributed by atoms with Gasteiger partial charge in [-0.3, -0.25) is 4.68 Å². The highest BCUT2D eigenvalue weighted by Gasteiger charge is 2.15. The molecule has 0 unspecified atom stereocenters. The van der Waals surface area contributed by atoms with Crippen LogP contribution in [-0.2, 0) is 6.54 Å². The van der Waals surface area contributed by atoms with E-state index < -0.39 is 0 Å². The Kier molecular flexibility index (Phi) is 6.05. The zero-order chi connectivity index (χ0) is 19.6. The minimum atomic E-state index is 0.491. The van der Waals surface area contributed by atoms with Gasteiger partial charge in [0, 0.05) is 21.3 Å². The molecule has 0 aliphatic heterocycles. The number of halogens is 2. The van der Waals surface area contributed by atoms with Crippen molar-refractivity contribution in [2.45, 2.75) is 27.3 Å². The van der Waals surface area contributed by atoms with E-state index in [2.05, 4.69) is 15.7 Å². The Morgan fingerprint density at radius 2 is 1.70 bits per heavy atom. The molecule has 1 heterocycles. The number of rotatable bonds is 4. The summed E-state index contributed by atoms with van der Waals surface area (Å²) in [6, 6.07) is 13.5. The Bertz CT molecular complexity index is 977. The Balaban J connectivity index is 1.78. The summed E-state index contributed by atoms with van der Waals surface area (Å²) >= 11 is 18.0. The molecule has 0 saturated heterocycles. The lowest BCUT2D eigenvalue weighted by atomic mass is 10.2. The van der Waals surface area contributed by atoms with E-state index in [9.17, 15) is 0 Å². The van der Waals surface area contributed by atoms with Crippen LogP contribution in [0.25, 0.3) is 0 Å². The fourth-order valence-corrected chi connectivity index (χ4v) is 3.60. The van der Waals surface area contributed by atoms with Crippen molar-refractivity contribution in [1.82, 2.24) is 9.78 Å². The van der Waals surface area contributed by atoms with Gasteiger partial charge in [0.15, 0.2) is 5.11 Å². The van der Waals surface area contributed by atoms with Gasteiger partial charge in [-0.05, 0) is 62.8 Å². The van der Waals surface area contributed by atoms with E-state index in [0.29, 0.717) is 21.7 Å². The van der Waals surface area contributed by atoms with Crippen LogP contribution in [-0.4, -0.2) is 14.9 Å². The third-order valence-electron chi connectivity index (χ3n) is 4.27. The van der Waals surface area contributed by atoms with Crippen molar-refractivity contribution >= 4 is 51.9 Å². The molecule has 27 heavy (non-hydrogen) atoms. The van der Waals surface area contributed by atoms with Crippen LogP contribution in [0.1, 0.15) is 22.5 Å². The number of thiocarbonyl (C=S) groups is 1. The molecule has 0 radical (unpaired) electrons. The molecule has 2 N–H and O–H groups in total. The normalized spacial score (nSPS) is 10.7. The van der Waals surface area contributed by atoms with Crippen LogP contribution in [0.2, 0.25) is 10.0 Å². The van der Waals surface area contributed by atoms with Crippen molar-refractivity contribution in [3.63, 3.8) is 0 Å². The molecule has 0 saturated carbocycles. The number of anilines is 2. The second-order valence-electron chi connectivity index (χ2n) is 6.35. The predicted molar refractivity (Wildman–Crippen MR) is 118 cm³/mol. The first-order valence-corrected chi connectivity index (χ1v) is 9.63. The lowest BCUT2D eigenvalue weighted by molar-refractivity contribution is 0.659. The first-order valence-electron chi connectivity index (χ1n) is 8.46. The van der Waals surface area contributed by atoms with Gasteiger partial charge in [0.1, 0.15) is 0 Å². The maximum Gasteiger partial charge on any atom is 0.175 e. The van der Waals surface area contributed by atoms with Crippen LogP contribution in [0.4, 0.5) is 11.4 Å². The van der Waals surface area contributed by atoms with Crippen molar-refractivity contribution in [3.05, 3.63) is 75.0 Å². The highest BCUT2D eigenvalue weighted by Crippen LogP contribution is 2.27. The summed E-state index contributed by atoms with van der Waals surface area (Å²) in [6.07, 6.45) is 0. The van der Waals surface area contributed by atoms with Gasteiger partial charge in [-0.1, -0.05) is 41.4 Å². The van der Waals surface area contributed by atoms with E-state index in [0.717, 1.165) is 28.3 Å². The van der Waals surface area contributed by atoms with E-state index in [1.54, 1.807) is 0 Å². The van der Waals surface area contributed by atoms with Gasteiger partial charge in [-0.25, -0.2) is 0 Å². The Hall–Kier alpha value is -2.08. The van der Waals surface area contributed by atoms with Crippen LogP contribution < -0.4 is 10.6 Å². The number of nitrogens with zero attached hydrogens (tertiary/aromatic N) is 2. The smallest absolute Gasteiger partial charge is 0.175 e. The number of aromatic nitrogens is 2. The fraction of sp³-hybridized carbons (Fsp3) is 0.200. The van der Waals surface area contributed by atoms with Crippen LogP contribution in [0, 0.1) is 20.8 Å². The molecule has 7 heteroatoms. The lowest BCUT2D eigenvalue weighted by Gasteiger charge is -2.12. The lowest BCUT2D eigenvalue weighted by Crippen LogP contribution is -2.20. The highest BCUT2D eigenvalue weighted by molar-refractivity contribution is 7.80. The zero-order valence-electron chi connectivity index (χ0n) is 15.3. The summed E-state index contributed by atoms with van der Waals surface area (Å²) in [7, 11) is 0. The first kappa shape index (κ1) is 19.7. The molecular weight excluding hydrogens is 399 g/mol. The zero-order valence-corrected chi connectivity index (χ0v) is 17.6. The SMILES string of the molecule is Cc1cccc(NC(=S)Nc2c(C)nn(Cc3c(Cl)cccc3Cl)c2C)c1. The van der Waals surface area contributed by atoms with Crippen LogP contribution >= 0.6 is 35.4 Å². The molecule has 0 amide bonds. The molecule has 3 rings (SSSR count). The highest BCUT2D eigenvalue weighted by atomic mass is 35.5. The fourth-order valence-electron chi connectivity index (χ4n) is 2.86. The second-order valence-corrected chi connectivity index (χ2v) is 7.57. The number of aryl methyl sites for hydroxylation is 2. The van der Waals surface area contributed by atoms with Crippen molar-refractivity contribution in [3.8, 4) is 0 Å². The minimum absolute atomic E-state index is 0.491. The van der Waals surface area contributed by atoms with Crippen LogP contribution in [0.15, 0.2) is 42.5 Å². The summed E-state index contributed by atoms with van der Waals surface area (Å²) in [6.45, 7) is 6.46. The van der Waals surface area contributed by atoms with Crippen LogP contribution in [0.3, 0.4) is 0 Å². The average Bonchev–Trinajstić information content (AvgIpc) is 2.86. The molecule has 0 aliphatic carbocycles. The maximum absolute atomic E-state index is 6.29. The van der Waals surface area contributed by atoms with Crippen LogP contribution in [0.5, 0.6) is 0 Å². The number of nitrogens with one attached hydrogen (secondary N) is 2. The third-order valence-corrected chi connectivity index (χ3v) is 5.18. The molecule has 0 bridgehead atoms. The van der Waals surface area contributed by atoms with Gasteiger partial charge in [-0.2, -0.15) is 5.10 Å². The molecule has 3 aromatic rings. The summed E-state index contributed by atoms with van der Waals surface area (Å²) in [5.74, 6) is 0. The van der Waals surface area contributed by atoms with Gasteiger partial charge in [-0.15, -0.1) is 0 Å². The molecule has 140 valence electrons. The van der Waals surface area contributed by atoms with E-state index in [1.807, 2.05) is 67.9 Å². The molecular formula is C20H20Cl2N4S. The van der Waals surface area contributed by atoms with E-state index in [-0.39, 0.29) is 0 Å². The second kappa shape index (κ2) is 8.30. The Morgan fingerprint density at radius 3 is 2.37 bits per heavy atom. The van der Waals surface area contributed by atoms with Gasteiger partial charge >= 0.3 is 0 Å². The summed E-state index contributed by atoms with van der Waals surface area (Å²) in [5, 5.41) is 12.8. The summed E-state index contributed by atoms with van der Waals surface area (Å²) in [5.41, 5.74) is 5.64. The van der Waals surface area contributed by atoms with Crippen molar-refractivity contribution < 1.29 is 0 Å². The molecule has 0 spiro atoms. The minimum Gasteiger partial charge on any atom is -0.332 e.